The van der Waals surface area contributed by atoms with Crippen molar-refractivity contribution in [3.63, 3.8) is 0 Å². The maximum absolute atomic E-state index is 12.0. The normalized spacial score (nSPS) is 9.91. The van der Waals surface area contributed by atoms with Crippen molar-refractivity contribution in [1.29, 1.82) is 0 Å². The van der Waals surface area contributed by atoms with Crippen LogP contribution in [-0.2, 0) is 11.3 Å². The lowest BCUT2D eigenvalue weighted by molar-refractivity contribution is 0.0600. The van der Waals surface area contributed by atoms with E-state index in [4.69, 9.17) is 4.74 Å². The summed E-state index contributed by atoms with van der Waals surface area (Å²) < 4.78 is 9.57. The molecule has 6 nitrogen and oxygen atoms in total. The smallest absolute Gasteiger partial charge is 0.337 e. The third-order valence-corrected chi connectivity index (χ3v) is 3.03. The molecule has 0 radical (unpaired) electrons. The van der Waals surface area contributed by atoms with Crippen LogP contribution in [0.2, 0.25) is 0 Å². The standard InChI is InChI=1S/C16H16N2O4/c1-21-14-8-3-11(9-17-14)10-18-15(19)12-4-6-13(7-5-12)16(20)22-2/h3-9H,10H2,1-2H3,(H,18,19). The number of hydrogen-bond donors (Lipinski definition) is 1. The number of aromatic nitrogens is 1. The van der Waals surface area contributed by atoms with Crippen molar-refractivity contribution in [2.45, 2.75) is 6.54 Å². The van der Waals surface area contributed by atoms with E-state index in [1.165, 1.54) is 7.11 Å². The maximum atomic E-state index is 12.0. The fourth-order valence-corrected chi connectivity index (χ4v) is 1.80. The summed E-state index contributed by atoms with van der Waals surface area (Å²) in [6.07, 6.45) is 1.64. The minimum absolute atomic E-state index is 0.229. The molecular weight excluding hydrogens is 284 g/mol. The van der Waals surface area contributed by atoms with E-state index in [1.54, 1.807) is 43.6 Å². The van der Waals surface area contributed by atoms with Crippen molar-refractivity contribution in [1.82, 2.24) is 10.3 Å². The first kappa shape index (κ1) is 15.5. The molecule has 0 aliphatic heterocycles. The highest BCUT2D eigenvalue weighted by Gasteiger charge is 2.08. The fraction of sp³-hybridized carbons (Fsp3) is 0.188. The molecular formula is C16H16N2O4. The van der Waals surface area contributed by atoms with Crippen LogP contribution in [0.15, 0.2) is 42.6 Å². The summed E-state index contributed by atoms with van der Waals surface area (Å²) in [7, 11) is 2.85. The second kappa shape index (κ2) is 7.21. The van der Waals surface area contributed by atoms with Gasteiger partial charge in [0.05, 0.1) is 19.8 Å². The van der Waals surface area contributed by atoms with Crippen LogP contribution in [-0.4, -0.2) is 31.1 Å². The topological polar surface area (TPSA) is 77.5 Å². The molecule has 1 aromatic carbocycles. The Bertz CT molecular complexity index is 651. The first-order valence-electron chi connectivity index (χ1n) is 6.59. The zero-order valence-corrected chi connectivity index (χ0v) is 12.3. The van der Waals surface area contributed by atoms with Crippen molar-refractivity contribution in [3.8, 4) is 5.88 Å². The van der Waals surface area contributed by atoms with Crippen LogP contribution in [0.4, 0.5) is 0 Å². The molecule has 114 valence electrons. The SMILES string of the molecule is COC(=O)c1ccc(C(=O)NCc2ccc(OC)nc2)cc1. The van der Waals surface area contributed by atoms with Crippen LogP contribution in [0.1, 0.15) is 26.3 Å². The number of esters is 1. The number of nitrogens with one attached hydrogen (secondary N) is 1. The van der Waals surface area contributed by atoms with E-state index in [0.29, 0.717) is 23.6 Å². The third-order valence-electron chi connectivity index (χ3n) is 3.03. The van der Waals surface area contributed by atoms with Crippen molar-refractivity contribution in [2.75, 3.05) is 14.2 Å². The van der Waals surface area contributed by atoms with Crippen LogP contribution in [0.5, 0.6) is 5.88 Å². The number of amides is 1. The summed E-state index contributed by atoms with van der Waals surface area (Å²) in [6.45, 7) is 0.356. The molecule has 1 N–H and O–H groups in total. The Morgan fingerprint density at radius 3 is 2.27 bits per heavy atom. The van der Waals surface area contributed by atoms with Crippen molar-refractivity contribution < 1.29 is 19.1 Å². The molecule has 2 rings (SSSR count). The number of ether oxygens (including phenoxy) is 2. The largest absolute Gasteiger partial charge is 0.481 e. The molecule has 0 aliphatic rings. The van der Waals surface area contributed by atoms with Crippen LogP contribution in [0.25, 0.3) is 0 Å². The number of carbonyl (C=O) groups excluding carboxylic acids is 2. The molecule has 0 atom stereocenters. The molecule has 1 amide bonds. The average Bonchev–Trinajstić information content (AvgIpc) is 2.59. The quantitative estimate of drug-likeness (QED) is 0.852. The summed E-state index contributed by atoms with van der Waals surface area (Å²) in [5.74, 6) is -0.142. The van der Waals surface area contributed by atoms with Crippen molar-refractivity contribution >= 4 is 11.9 Å². The summed E-state index contributed by atoms with van der Waals surface area (Å²) in [5, 5.41) is 2.78. The number of pyridine rings is 1. The van der Waals surface area contributed by atoms with Crippen LogP contribution in [0, 0.1) is 0 Å². The van der Waals surface area contributed by atoms with E-state index in [0.717, 1.165) is 5.56 Å². The maximum Gasteiger partial charge on any atom is 0.337 e. The van der Waals surface area contributed by atoms with Crippen LogP contribution in [0.3, 0.4) is 0 Å². The summed E-state index contributed by atoms with van der Waals surface area (Å²) in [6, 6.07) is 9.81. The highest BCUT2D eigenvalue weighted by molar-refractivity contribution is 5.96. The van der Waals surface area contributed by atoms with E-state index in [2.05, 4.69) is 15.0 Å². The molecule has 0 saturated heterocycles. The van der Waals surface area contributed by atoms with E-state index < -0.39 is 5.97 Å². The second-order valence-electron chi connectivity index (χ2n) is 4.46. The van der Waals surface area contributed by atoms with Gasteiger partial charge in [-0.05, 0) is 29.8 Å². The minimum atomic E-state index is -0.434. The molecule has 0 fully saturated rings. The van der Waals surface area contributed by atoms with Gasteiger partial charge in [0.15, 0.2) is 0 Å². The highest BCUT2D eigenvalue weighted by Crippen LogP contribution is 2.08. The Labute approximate surface area is 128 Å². The number of methoxy groups -OCH3 is 2. The van der Waals surface area contributed by atoms with Gasteiger partial charge in [0.25, 0.3) is 5.91 Å². The van der Waals surface area contributed by atoms with Gasteiger partial charge in [-0.1, -0.05) is 6.07 Å². The monoisotopic (exact) mass is 300 g/mol. The zero-order chi connectivity index (χ0) is 15.9. The van der Waals surface area contributed by atoms with Gasteiger partial charge in [-0.3, -0.25) is 4.79 Å². The second-order valence-corrected chi connectivity index (χ2v) is 4.46. The lowest BCUT2D eigenvalue weighted by Gasteiger charge is -2.06. The number of benzene rings is 1. The van der Waals surface area contributed by atoms with E-state index in [9.17, 15) is 9.59 Å². The van der Waals surface area contributed by atoms with E-state index in [1.807, 2.05) is 6.07 Å². The van der Waals surface area contributed by atoms with Crippen molar-refractivity contribution in [3.05, 3.63) is 59.3 Å². The number of hydrogen-bond acceptors (Lipinski definition) is 5. The van der Waals surface area contributed by atoms with Gasteiger partial charge >= 0.3 is 5.97 Å². The fourth-order valence-electron chi connectivity index (χ4n) is 1.80. The Balaban J connectivity index is 1.95. The Kier molecular flexibility index (Phi) is 5.08. The van der Waals surface area contributed by atoms with Gasteiger partial charge in [-0.25, -0.2) is 9.78 Å². The number of carbonyl (C=O) groups is 2. The van der Waals surface area contributed by atoms with Gasteiger partial charge in [0, 0.05) is 24.4 Å². The van der Waals surface area contributed by atoms with Crippen molar-refractivity contribution in [2.24, 2.45) is 0 Å². The highest BCUT2D eigenvalue weighted by atomic mass is 16.5. The summed E-state index contributed by atoms with van der Waals surface area (Å²) in [5.41, 5.74) is 1.73. The molecule has 0 saturated carbocycles. The molecule has 0 aliphatic carbocycles. The first-order chi connectivity index (χ1) is 10.6. The predicted octanol–water partition coefficient (Wildman–Crippen LogP) is 1.81. The number of nitrogens with zero attached hydrogens (tertiary/aromatic N) is 1. The van der Waals surface area contributed by atoms with Crippen LogP contribution < -0.4 is 10.1 Å². The average molecular weight is 300 g/mol. The zero-order valence-electron chi connectivity index (χ0n) is 12.3. The molecule has 22 heavy (non-hydrogen) atoms. The molecule has 6 heteroatoms. The summed E-state index contributed by atoms with van der Waals surface area (Å²) >= 11 is 0. The van der Waals surface area contributed by atoms with Gasteiger partial charge in [0.2, 0.25) is 5.88 Å². The Morgan fingerprint density at radius 2 is 1.73 bits per heavy atom. The van der Waals surface area contributed by atoms with Gasteiger partial charge in [0.1, 0.15) is 0 Å². The first-order valence-corrected chi connectivity index (χ1v) is 6.59. The molecule has 2 aromatic rings. The van der Waals surface area contributed by atoms with Crippen LogP contribution >= 0.6 is 0 Å². The lowest BCUT2D eigenvalue weighted by Crippen LogP contribution is -2.22. The predicted molar refractivity (Wildman–Crippen MR) is 79.7 cm³/mol. The van der Waals surface area contributed by atoms with E-state index >= 15 is 0 Å². The Hall–Kier alpha value is -2.89. The Morgan fingerprint density at radius 1 is 1.05 bits per heavy atom. The molecule has 1 aromatic heterocycles. The molecule has 1 heterocycles. The minimum Gasteiger partial charge on any atom is -0.481 e. The third kappa shape index (κ3) is 3.82. The van der Waals surface area contributed by atoms with Gasteiger partial charge in [-0.2, -0.15) is 0 Å². The molecule has 0 bridgehead atoms. The molecule has 0 unspecified atom stereocenters. The van der Waals surface area contributed by atoms with E-state index in [-0.39, 0.29) is 5.91 Å². The lowest BCUT2D eigenvalue weighted by atomic mass is 10.1. The number of rotatable bonds is 5. The van der Waals surface area contributed by atoms with Gasteiger partial charge in [-0.15, -0.1) is 0 Å². The summed E-state index contributed by atoms with van der Waals surface area (Å²) in [4.78, 5) is 27.4. The van der Waals surface area contributed by atoms with Gasteiger partial charge < -0.3 is 14.8 Å². The molecule has 0 spiro atoms.